The third-order valence-corrected chi connectivity index (χ3v) is 2.79. The van der Waals surface area contributed by atoms with E-state index in [4.69, 9.17) is 4.74 Å². The average molecular weight is 274 g/mol. The van der Waals surface area contributed by atoms with Crippen molar-refractivity contribution in [2.45, 2.75) is 6.54 Å². The van der Waals surface area contributed by atoms with Gasteiger partial charge in [-0.15, -0.1) is 0 Å². The van der Waals surface area contributed by atoms with Crippen molar-refractivity contribution in [2.75, 3.05) is 14.2 Å². The number of hydrogen-bond acceptors (Lipinski definition) is 5. The number of carbonyl (C=O) groups is 2. The fraction of sp³-hybridized carbons (Fsp3) is 0.214. The number of hydrogen-bond donors (Lipinski definition) is 0. The molecule has 1 aromatic carbocycles. The number of ether oxygens (including phenoxy) is 2. The molecule has 0 saturated heterocycles. The molecule has 0 amide bonds. The summed E-state index contributed by atoms with van der Waals surface area (Å²) < 4.78 is 10.9. The Bertz CT molecular complexity index is 619. The summed E-state index contributed by atoms with van der Waals surface area (Å²) in [5.41, 5.74) is 1.02. The Morgan fingerprint density at radius 2 is 1.75 bits per heavy atom. The van der Waals surface area contributed by atoms with Crippen LogP contribution in [0.1, 0.15) is 26.5 Å². The molecule has 6 heteroatoms. The van der Waals surface area contributed by atoms with Crippen LogP contribution in [0.2, 0.25) is 0 Å². The van der Waals surface area contributed by atoms with Crippen LogP contribution in [0.25, 0.3) is 0 Å². The minimum atomic E-state index is -0.669. The topological polar surface area (TPSA) is 70.4 Å². The highest BCUT2D eigenvalue weighted by Gasteiger charge is 2.25. The Balaban J connectivity index is 2.40. The number of nitrogens with zero attached hydrogens (tertiary/aromatic N) is 2. The second-order valence-electron chi connectivity index (χ2n) is 4.04. The second kappa shape index (κ2) is 6.01. The van der Waals surface area contributed by atoms with Gasteiger partial charge in [-0.1, -0.05) is 30.3 Å². The number of esters is 2. The predicted molar refractivity (Wildman–Crippen MR) is 70.5 cm³/mol. The maximum Gasteiger partial charge on any atom is 0.359 e. The third kappa shape index (κ3) is 2.69. The highest BCUT2D eigenvalue weighted by atomic mass is 16.5. The highest BCUT2D eigenvalue weighted by Crippen LogP contribution is 2.13. The molecule has 0 aliphatic heterocycles. The lowest BCUT2D eigenvalue weighted by atomic mass is 10.2. The van der Waals surface area contributed by atoms with Crippen LogP contribution in [0.3, 0.4) is 0 Å². The van der Waals surface area contributed by atoms with Gasteiger partial charge in [-0.05, 0) is 5.56 Å². The molecule has 0 spiro atoms. The highest BCUT2D eigenvalue weighted by molar-refractivity contribution is 6.00. The van der Waals surface area contributed by atoms with Crippen molar-refractivity contribution in [3.63, 3.8) is 0 Å². The number of rotatable bonds is 4. The molecule has 2 aromatic rings. The first-order valence-corrected chi connectivity index (χ1v) is 5.93. The number of methoxy groups -OCH3 is 2. The molecule has 0 atom stereocenters. The Hall–Kier alpha value is -2.63. The number of benzene rings is 1. The van der Waals surface area contributed by atoms with Crippen molar-refractivity contribution in [1.82, 2.24) is 9.55 Å². The van der Waals surface area contributed by atoms with E-state index in [1.165, 1.54) is 20.5 Å². The fourth-order valence-corrected chi connectivity index (χ4v) is 1.84. The van der Waals surface area contributed by atoms with E-state index >= 15 is 0 Å². The first-order chi connectivity index (χ1) is 9.67. The second-order valence-corrected chi connectivity index (χ2v) is 4.04. The number of carbonyl (C=O) groups excluding carboxylic acids is 2. The van der Waals surface area contributed by atoms with Crippen LogP contribution < -0.4 is 0 Å². The van der Waals surface area contributed by atoms with E-state index in [-0.39, 0.29) is 11.4 Å². The molecule has 1 heterocycles. The van der Waals surface area contributed by atoms with Crippen LogP contribution in [0.5, 0.6) is 0 Å². The smallest absolute Gasteiger partial charge is 0.359 e. The van der Waals surface area contributed by atoms with Crippen LogP contribution in [0.4, 0.5) is 0 Å². The van der Waals surface area contributed by atoms with Gasteiger partial charge >= 0.3 is 11.9 Å². The molecule has 0 unspecified atom stereocenters. The normalized spacial score (nSPS) is 10.1. The van der Waals surface area contributed by atoms with Gasteiger partial charge in [0.25, 0.3) is 0 Å². The first-order valence-electron chi connectivity index (χ1n) is 5.93. The van der Waals surface area contributed by atoms with Gasteiger partial charge in [0.05, 0.1) is 20.5 Å². The zero-order chi connectivity index (χ0) is 14.5. The Kier molecular flexibility index (Phi) is 4.14. The van der Waals surface area contributed by atoms with Crippen LogP contribution in [-0.2, 0) is 16.0 Å². The fourth-order valence-electron chi connectivity index (χ4n) is 1.84. The van der Waals surface area contributed by atoms with Crippen molar-refractivity contribution in [1.29, 1.82) is 0 Å². The molecule has 2 rings (SSSR count). The van der Waals surface area contributed by atoms with E-state index in [0.717, 1.165) is 5.56 Å². The van der Waals surface area contributed by atoms with Gasteiger partial charge < -0.3 is 14.0 Å². The molecule has 0 radical (unpaired) electrons. The molecule has 104 valence electrons. The average Bonchev–Trinajstić information content (AvgIpc) is 2.90. The lowest BCUT2D eigenvalue weighted by molar-refractivity contribution is 0.0544. The quantitative estimate of drug-likeness (QED) is 0.790. The van der Waals surface area contributed by atoms with Gasteiger partial charge in [0.1, 0.15) is 0 Å². The lowest BCUT2D eigenvalue weighted by Crippen LogP contribution is -2.16. The van der Waals surface area contributed by atoms with E-state index in [9.17, 15) is 9.59 Å². The number of imidazole rings is 1. The summed E-state index contributed by atoms with van der Waals surface area (Å²) in [6.45, 7) is 0.412. The molecule has 0 N–H and O–H groups in total. The van der Waals surface area contributed by atoms with Crippen molar-refractivity contribution >= 4 is 11.9 Å². The van der Waals surface area contributed by atoms with Crippen molar-refractivity contribution < 1.29 is 19.1 Å². The maximum absolute atomic E-state index is 11.8. The standard InChI is InChI=1S/C14H14N2O4/c1-19-13(17)11-12(14(18)20-2)16(9-15-11)8-10-6-4-3-5-7-10/h3-7,9H,8H2,1-2H3. The van der Waals surface area contributed by atoms with Gasteiger partial charge in [0, 0.05) is 6.54 Å². The molecule has 0 fully saturated rings. The minimum absolute atomic E-state index is 0.0460. The maximum atomic E-state index is 11.8. The lowest BCUT2D eigenvalue weighted by Gasteiger charge is -2.07. The molecule has 0 saturated carbocycles. The summed E-state index contributed by atoms with van der Waals surface area (Å²) in [6, 6.07) is 9.52. The SMILES string of the molecule is COC(=O)c1ncn(Cc2ccccc2)c1C(=O)OC. The predicted octanol–water partition coefficient (Wildman–Crippen LogP) is 1.50. The summed E-state index contributed by atoms with van der Waals surface area (Å²) in [6.07, 6.45) is 1.42. The summed E-state index contributed by atoms with van der Waals surface area (Å²) in [5, 5.41) is 0. The summed E-state index contributed by atoms with van der Waals surface area (Å²) >= 11 is 0. The van der Waals surface area contributed by atoms with E-state index in [2.05, 4.69) is 9.72 Å². The van der Waals surface area contributed by atoms with E-state index in [0.29, 0.717) is 6.54 Å². The van der Waals surface area contributed by atoms with Crippen molar-refractivity contribution in [3.8, 4) is 0 Å². The molecular weight excluding hydrogens is 260 g/mol. The Morgan fingerprint density at radius 1 is 1.10 bits per heavy atom. The van der Waals surface area contributed by atoms with E-state index in [1.54, 1.807) is 4.57 Å². The molecular formula is C14H14N2O4. The number of aromatic nitrogens is 2. The van der Waals surface area contributed by atoms with E-state index in [1.807, 2.05) is 30.3 Å². The van der Waals surface area contributed by atoms with Crippen LogP contribution >= 0.6 is 0 Å². The van der Waals surface area contributed by atoms with Gasteiger partial charge in [0.2, 0.25) is 0 Å². The third-order valence-electron chi connectivity index (χ3n) is 2.79. The van der Waals surface area contributed by atoms with E-state index < -0.39 is 11.9 Å². The van der Waals surface area contributed by atoms with Gasteiger partial charge in [-0.2, -0.15) is 0 Å². The summed E-state index contributed by atoms with van der Waals surface area (Å²) in [7, 11) is 2.49. The molecule has 1 aromatic heterocycles. The van der Waals surface area contributed by atoms with Crippen LogP contribution in [0, 0.1) is 0 Å². The van der Waals surface area contributed by atoms with Gasteiger partial charge in [0.15, 0.2) is 11.4 Å². The Labute approximate surface area is 116 Å². The van der Waals surface area contributed by atoms with Crippen LogP contribution in [-0.4, -0.2) is 35.7 Å². The zero-order valence-electron chi connectivity index (χ0n) is 11.2. The monoisotopic (exact) mass is 274 g/mol. The molecule has 0 aliphatic rings. The molecule has 0 bridgehead atoms. The Morgan fingerprint density at radius 3 is 2.35 bits per heavy atom. The first kappa shape index (κ1) is 13.8. The largest absolute Gasteiger partial charge is 0.464 e. The van der Waals surface area contributed by atoms with Gasteiger partial charge in [-0.25, -0.2) is 14.6 Å². The van der Waals surface area contributed by atoms with Gasteiger partial charge in [-0.3, -0.25) is 0 Å². The van der Waals surface area contributed by atoms with Crippen LogP contribution in [0.15, 0.2) is 36.7 Å². The van der Waals surface area contributed by atoms with Crippen molar-refractivity contribution in [2.24, 2.45) is 0 Å². The summed E-state index contributed by atoms with van der Waals surface area (Å²) in [5.74, 6) is -1.30. The minimum Gasteiger partial charge on any atom is -0.464 e. The summed E-state index contributed by atoms with van der Waals surface area (Å²) in [4.78, 5) is 27.4. The molecule has 6 nitrogen and oxygen atoms in total. The molecule has 0 aliphatic carbocycles. The molecule has 20 heavy (non-hydrogen) atoms. The van der Waals surface area contributed by atoms with Crippen molar-refractivity contribution in [3.05, 3.63) is 53.6 Å². The zero-order valence-corrected chi connectivity index (χ0v) is 11.2.